The Bertz CT molecular complexity index is 720. The molecule has 1 aromatic heterocycles. The standard InChI is InChI=1S/C17H18FN3O2S/c18-13-4-1-3-12(9-13)10-14(21-7-6-19-17(21)23)11-20-16(22)15-5-2-8-24-15/h1-5,8-9,14H,6-7,10-11H2,(H,19,23)(H,20,22)/t14-/m1/s1. The molecule has 126 valence electrons. The number of benzene rings is 1. The van der Waals surface area contributed by atoms with Crippen LogP contribution in [0.25, 0.3) is 0 Å². The lowest BCUT2D eigenvalue weighted by Gasteiger charge is -2.27. The smallest absolute Gasteiger partial charge is 0.317 e. The van der Waals surface area contributed by atoms with Crippen LogP contribution in [0.1, 0.15) is 15.2 Å². The van der Waals surface area contributed by atoms with Crippen LogP contribution in [0, 0.1) is 5.82 Å². The quantitative estimate of drug-likeness (QED) is 0.842. The number of nitrogens with zero attached hydrogens (tertiary/aromatic N) is 1. The molecule has 1 aliphatic heterocycles. The normalized spacial score (nSPS) is 15.2. The molecule has 0 bridgehead atoms. The Hall–Kier alpha value is -2.41. The summed E-state index contributed by atoms with van der Waals surface area (Å²) in [6.45, 7) is 1.48. The van der Waals surface area contributed by atoms with Crippen LogP contribution in [-0.4, -0.2) is 42.5 Å². The van der Waals surface area contributed by atoms with Gasteiger partial charge in [0.05, 0.1) is 10.9 Å². The Morgan fingerprint density at radius 1 is 1.38 bits per heavy atom. The van der Waals surface area contributed by atoms with Crippen LogP contribution in [0.15, 0.2) is 41.8 Å². The molecule has 5 nitrogen and oxygen atoms in total. The Kier molecular flexibility index (Phi) is 5.10. The van der Waals surface area contributed by atoms with Gasteiger partial charge in [0, 0.05) is 19.6 Å². The molecule has 24 heavy (non-hydrogen) atoms. The van der Waals surface area contributed by atoms with Crippen LogP contribution >= 0.6 is 11.3 Å². The maximum atomic E-state index is 13.4. The second kappa shape index (κ2) is 7.44. The van der Waals surface area contributed by atoms with E-state index in [1.54, 1.807) is 17.0 Å². The lowest BCUT2D eigenvalue weighted by Crippen LogP contribution is -2.46. The Morgan fingerprint density at radius 3 is 2.92 bits per heavy atom. The van der Waals surface area contributed by atoms with E-state index in [2.05, 4.69) is 10.6 Å². The minimum absolute atomic E-state index is 0.151. The molecule has 0 saturated carbocycles. The first kappa shape index (κ1) is 16.4. The summed E-state index contributed by atoms with van der Waals surface area (Å²) in [7, 11) is 0. The minimum Gasteiger partial charge on any atom is -0.349 e. The predicted molar refractivity (Wildman–Crippen MR) is 90.6 cm³/mol. The Morgan fingerprint density at radius 2 is 2.25 bits per heavy atom. The molecule has 1 atom stereocenters. The first-order valence-electron chi connectivity index (χ1n) is 7.74. The van der Waals surface area contributed by atoms with Gasteiger partial charge in [0.25, 0.3) is 5.91 Å². The van der Waals surface area contributed by atoms with Crippen LogP contribution in [0.4, 0.5) is 9.18 Å². The number of carbonyl (C=O) groups is 2. The van der Waals surface area contributed by atoms with Gasteiger partial charge < -0.3 is 15.5 Å². The molecule has 0 unspecified atom stereocenters. The fourth-order valence-corrected chi connectivity index (χ4v) is 3.41. The van der Waals surface area contributed by atoms with Crippen molar-refractivity contribution in [2.45, 2.75) is 12.5 Å². The van der Waals surface area contributed by atoms with Gasteiger partial charge in [0.1, 0.15) is 5.82 Å². The van der Waals surface area contributed by atoms with Crippen molar-refractivity contribution >= 4 is 23.3 Å². The molecule has 1 aliphatic rings. The molecule has 2 aromatic rings. The van der Waals surface area contributed by atoms with Gasteiger partial charge in [-0.25, -0.2) is 9.18 Å². The molecule has 7 heteroatoms. The number of thiophene rings is 1. The number of carbonyl (C=O) groups excluding carboxylic acids is 2. The average Bonchev–Trinajstić information content (AvgIpc) is 3.23. The monoisotopic (exact) mass is 347 g/mol. The van der Waals surface area contributed by atoms with Crippen molar-refractivity contribution in [2.24, 2.45) is 0 Å². The second-order valence-corrected chi connectivity index (χ2v) is 6.55. The predicted octanol–water partition coefficient (Wildman–Crippen LogP) is 2.25. The van der Waals surface area contributed by atoms with Crippen molar-refractivity contribution in [1.29, 1.82) is 0 Å². The van der Waals surface area contributed by atoms with Crippen LogP contribution in [0.5, 0.6) is 0 Å². The summed E-state index contributed by atoms with van der Waals surface area (Å²) in [4.78, 5) is 26.4. The lowest BCUT2D eigenvalue weighted by molar-refractivity contribution is 0.0944. The van der Waals surface area contributed by atoms with E-state index in [0.29, 0.717) is 30.9 Å². The van der Waals surface area contributed by atoms with Crippen molar-refractivity contribution < 1.29 is 14.0 Å². The molecule has 3 amide bonds. The second-order valence-electron chi connectivity index (χ2n) is 5.60. The van der Waals surface area contributed by atoms with Crippen molar-refractivity contribution in [1.82, 2.24) is 15.5 Å². The molecule has 0 spiro atoms. The molecule has 3 rings (SSSR count). The van der Waals surface area contributed by atoms with Gasteiger partial charge in [-0.05, 0) is 35.6 Å². The summed E-state index contributed by atoms with van der Waals surface area (Å²) in [5.41, 5.74) is 0.796. The van der Waals surface area contributed by atoms with E-state index >= 15 is 0 Å². The van der Waals surface area contributed by atoms with Gasteiger partial charge in [-0.3, -0.25) is 4.79 Å². The Balaban J connectivity index is 1.70. The first-order valence-corrected chi connectivity index (χ1v) is 8.62. The molecule has 0 radical (unpaired) electrons. The molecule has 1 saturated heterocycles. The maximum absolute atomic E-state index is 13.4. The zero-order valence-corrected chi connectivity index (χ0v) is 13.8. The van der Waals surface area contributed by atoms with Crippen molar-refractivity contribution in [3.05, 3.63) is 58.0 Å². The first-order chi connectivity index (χ1) is 11.6. The summed E-state index contributed by atoms with van der Waals surface area (Å²) < 4.78 is 13.4. The highest BCUT2D eigenvalue weighted by Crippen LogP contribution is 2.14. The summed E-state index contributed by atoms with van der Waals surface area (Å²) in [5.74, 6) is -0.464. The molecular formula is C17H18FN3O2S. The molecule has 1 fully saturated rings. The van der Waals surface area contributed by atoms with E-state index in [4.69, 9.17) is 0 Å². The minimum atomic E-state index is -0.306. The molecule has 2 heterocycles. The number of rotatable bonds is 6. The van der Waals surface area contributed by atoms with E-state index in [-0.39, 0.29) is 23.8 Å². The largest absolute Gasteiger partial charge is 0.349 e. The van der Waals surface area contributed by atoms with Gasteiger partial charge in [-0.1, -0.05) is 18.2 Å². The maximum Gasteiger partial charge on any atom is 0.317 e. The molecule has 0 aliphatic carbocycles. The SMILES string of the molecule is O=C(NC[C@@H](Cc1cccc(F)c1)N1CCNC1=O)c1cccs1. The lowest BCUT2D eigenvalue weighted by atomic mass is 10.0. The van der Waals surface area contributed by atoms with Gasteiger partial charge in [-0.15, -0.1) is 11.3 Å². The van der Waals surface area contributed by atoms with E-state index in [9.17, 15) is 14.0 Å². The molecule has 2 N–H and O–H groups in total. The Labute approximate surface area is 143 Å². The highest BCUT2D eigenvalue weighted by atomic mass is 32.1. The van der Waals surface area contributed by atoms with Crippen molar-refractivity contribution in [3.63, 3.8) is 0 Å². The summed E-state index contributed by atoms with van der Waals surface area (Å²) in [6, 6.07) is 9.52. The summed E-state index contributed by atoms with van der Waals surface area (Å²) >= 11 is 1.37. The van der Waals surface area contributed by atoms with Crippen molar-refractivity contribution in [3.8, 4) is 0 Å². The highest BCUT2D eigenvalue weighted by Gasteiger charge is 2.28. The zero-order valence-electron chi connectivity index (χ0n) is 13.0. The summed E-state index contributed by atoms with van der Waals surface area (Å²) in [6.07, 6.45) is 0.482. The number of halogens is 1. The number of hydrogen-bond donors (Lipinski definition) is 2. The molecular weight excluding hydrogens is 329 g/mol. The number of hydrogen-bond acceptors (Lipinski definition) is 3. The fraction of sp³-hybridized carbons (Fsp3) is 0.294. The van der Waals surface area contributed by atoms with E-state index in [1.165, 1.54) is 23.5 Å². The third kappa shape index (κ3) is 3.91. The van der Waals surface area contributed by atoms with Gasteiger partial charge in [-0.2, -0.15) is 0 Å². The fourth-order valence-electron chi connectivity index (χ4n) is 2.77. The van der Waals surface area contributed by atoms with E-state index in [0.717, 1.165) is 5.56 Å². The zero-order chi connectivity index (χ0) is 16.9. The highest BCUT2D eigenvalue weighted by molar-refractivity contribution is 7.12. The van der Waals surface area contributed by atoms with Gasteiger partial charge in [0.15, 0.2) is 0 Å². The van der Waals surface area contributed by atoms with Gasteiger partial charge in [0.2, 0.25) is 0 Å². The topological polar surface area (TPSA) is 61.4 Å². The number of urea groups is 1. The molecule has 1 aromatic carbocycles. The average molecular weight is 347 g/mol. The van der Waals surface area contributed by atoms with Gasteiger partial charge >= 0.3 is 6.03 Å². The van der Waals surface area contributed by atoms with Crippen LogP contribution in [0.2, 0.25) is 0 Å². The van der Waals surface area contributed by atoms with Crippen LogP contribution in [-0.2, 0) is 6.42 Å². The van der Waals surface area contributed by atoms with E-state index < -0.39 is 0 Å². The number of nitrogens with one attached hydrogen (secondary N) is 2. The van der Waals surface area contributed by atoms with Crippen molar-refractivity contribution in [2.75, 3.05) is 19.6 Å². The number of amides is 3. The van der Waals surface area contributed by atoms with E-state index in [1.807, 2.05) is 17.5 Å². The van der Waals surface area contributed by atoms with Crippen LogP contribution < -0.4 is 10.6 Å². The third-order valence-electron chi connectivity index (χ3n) is 3.93. The van der Waals surface area contributed by atoms with Crippen LogP contribution in [0.3, 0.4) is 0 Å². The third-order valence-corrected chi connectivity index (χ3v) is 4.80. The summed E-state index contributed by atoms with van der Waals surface area (Å²) in [5, 5.41) is 7.48.